The number of carbonyl (C=O) groups excluding carboxylic acids is 3. The summed E-state index contributed by atoms with van der Waals surface area (Å²) in [6.45, 7) is 12.5. The Hall–Kier alpha value is -2.28. The molecule has 0 heterocycles. The van der Waals surface area contributed by atoms with E-state index in [0.29, 0.717) is 11.8 Å². The molecule has 3 N–H and O–H groups in total. The first-order valence-corrected chi connectivity index (χ1v) is 11.8. The molecular weight excluding hydrogens is 499 g/mol. The van der Waals surface area contributed by atoms with Crippen LogP contribution in [0.1, 0.15) is 71.4 Å². The van der Waals surface area contributed by atoms with E-state index in [0.717, 1.165) is 11.4 Å². The minimum atomic E-state index is -0.750. The Morgan fingerprint density at radius 3 is 1.29 bits per heavy atom. The van der Waals surface area contributed by atoms with Crippen LogP contribution in [0.4, 0.5) is 11.4 Å². The number of benzene rings is 2. The highest BCUT2D eigenvalue weighted by Crippen LogP contribution is 2.17. The maximum atomic E-state index is 10.7. The molecule has 0 saturated carbocycles. The molecule has 2 aromatic carbocycles. The lowest BCUT2D eigenvalue weighted by atomic mass is 10.0. The SMILES string of the molecule is CC(=O)Nc1ccc(C(C)C)cc1.CC(=O)OC(C)=O.CC(C)c1ccc(N)cc1.ClC(Cl)Cl. The van der Waals surface area contributed by atoms with Crippen molar-refractivity contribution in [2.24, 2.45) is 0 Å². The number of hydrogen-bond donors (Lipinski definition) is 2. The van der Waals surface area contributed by atoms with Crippen LogP contribution in [0.5, 0.6) is 0 Å². The van der Waals surface area contributed by atoms with Gasteiger partial charge < -0.3 is 15.8 Å². The summed E-state index contributed by atoms with van der Waals surface area (Å²) in [5.74, 6) is -0.0238. The predicted octanol–water partition coefficient (Wildman–Crippen LogP) is 7.24. The van der Waals surface area contributed by atoms with E-state index in [1.807, 2.05) is 36.4 Å². The quantitative estimate of drug-likeness (QED) is 0.187. The second-order valence-electron chi connectivity index (χ2n) is 7.61. The summed E-state index contributed by atoms with van der Waals surface area (Å²) in [7, 11) is 0. The van der Waals surface area contributed by atoms with Crippen molar-refractivity contribution >= 4 is 64.0 Å². The monoisotopic (exact) mass is 532 g/mol. The molecule has 2 aromatic rings. The zero-order chi connectivity index (χ0) is 26.8. The lowest BCUT2D eigenvalue weighted by Gasteiger charge is -2.06. The third-order valence-corrected chi connectivity index (χ3v) is 3.79. The summed E-state index contributed by atoms with van der Waals surface area (Å²) < 4.78 is 3.22. The van der Waals surface area contributed by atoms with Crippen molar-refractivity contribution in [1.29, 1.82) is 0 Å². The Kier molecular flexibility index (Phi) is 19.0. The molecule has 0 spiro atoms. The first-order valence-electron chi connectivity index (χ1n) is 10.5. The number of alkyl halides is 3. The molecule has 6 nitrogen and oxygen atoms in total. The van der Waals surface area contributed by atoms with Crippen LogP contribution in [0.15, 0.2) is 48.5 Å². The van der Waals surface area contributed by atoms with Gasteiger partial charge in [0.2, 0.25) is 5.91 Å². The molecule has 0 fully saturated rings. The standard InChI is InChI=1S/C11H15NO.C9H13N.C4H6O3.CHCl3/c1-8(2)10-4-6-11(7-5-10)12-9(3)13;1-7(2)8-3-5-9(10)6-4-8;1-3(5)7-4(2)6;2-1(3)4/h4-8H,1-3H3,(H,12,13);3-7H,10H2,1-2H3;1-2H3;1H. The predicted molar refractivity (Wildman–Crippen MR) is 144 cm³/mol. The van der Waals surface area contributed by atoms with Gasteiger partial charge in [0.1, 0.15) is 0 Å². The fourth-order valence-electron chi connectivity index (χ4n) is 2.24. The van der Waals surface area contributed by atoms with E-state index in [-0.39, 0.29) is 5.91 Å². The molecule has 0 saturated heterocycles. The van der Waals surface area contributed by atoms with Gasteiger partial charge in [0.15, 0.2) is 4.30 Å². The number of amides is 1. The average Bonchev–Trinajstić information content (AvgIpc) is 2.68. The number of nitrogens with one attached hydrogen (secondary N) is 1. The van der Waals surface area contributed by atoms with E-state index in [2.05, 4.69) is 49.9 Å². The smallest absolute Gasteiger partial charge is 0.310 e. The van der Waals surface area contributed by atoms with Crippen LogP contribution < -0.4 is 11.1 Å². The minimum absolute atomic E-state index is 0.0303. The Bertz CT molecular complexity index is 839. The van der Waals surface area contributed by atoms with E-state index < -0.39 is 16.2 Å². The number of nitrogen functional groups attached to an aromatic ring is 1. The third-order valence-electron chi connectivity index (χ3n) is 3.79. The summed E-state index contributed by atoms with van der Waals surface area (Å²) in [4.78, 5) is 30.3. The second kappa shape index (κ2) is 19.1. The lowest BCUT2D eigenvalue weighted by Crippen LogP contribution is -2.05. The summed E-state index contributed by atoms with van der Waals surface area (Å²) in [5, 5.41) is 2.73. The summed E-state index contributed by atoms with van der Waals surface area (Å²) >= 11 is 14.4. The third kappa shape index (κ3) is 21.6. The van der Waals surface area contributed by atoms with Gasteiger partial charge in [0.25, 0.3) is 0 Å². The highest BCUT2D eigenvalue weighted by atomic mass is 35.6. The number of halogens is 3. The van der Waals surface area contributed by atoms with Crippen LogP contribution in [-0.4, -0.2) is 22.1 Å². The van der Waals surface area contributed by atoms with Crippen LogP contribution in [0.25, 0.3) is 0 Å². The van der Waals surface area contributed by atoms with E-state index in [1.54, 1.807) is 0 Å². The summed E-state index contributed by atoms with van der Waals surface area (Å²) in [5.41, 5.74) is 9.85. The molecule has 0 aliphatic rings. The second-order valence-corrected chi connectivity index (χ2v) is 9.59. The van der Waals surface area contributed by atoms with E-state index >= 15 is 0 Å². The van der Waals surface area contributed by atoms with Crippen LogP contribution in [0, 0.1) is 0 Å². The fraction of sp³-hybridized carbons (Fsp3) is 0.400. The first-order chi connectivity index (χ1) is 15.6. The van der Waals surface area contributed by atoms with E-state index in [1.165, 1.54) is 31.9 Å². The zero-order valence-corrected chi connectivity index (χ0v) is 23.0. The molecule has 0 atom stereocenters. The van der Waals surface area contributed by atoms with Gasteiger partial charge in [-0.3, -0.25) is 14.4 Å². The van der Waals surface area contributed by atoms with Crippen molar-refractivity contribution in [2.45, 2.75) is 64.6 Å². The van der Waals surface area contributed by atoms with Crippen molar-refractivity contribution in [3.63, 3.8) is 0 Å². The molecule has 9 heteroatoms. The van der Waals surface area contributed by atoms with Crippen molar-refractivity contribution < 1.29 is 19.1 Å². The number of esters is 2. The molecule has 0 aliphatic heterocycles. The van der Waals surface area contributed by atoms with Gasteiger partial charge in [0.05, 0.1) is 0 Å². The van der Waals surface area contributed by atoms with Crippen molar-refractivity contribution in [1.82, 2.24) is 0 Å². The maximum absolute atomic E-state index is 10.7. The number of rotatable bonds is 3. The van der Waals surface area contributed by atoms with Gasteiger partial charge in [-0.2, -0.15) is 0 Å². The number of anilines is 2. The number of ether oxygens (including phenoxy) is 1. The van der Waals surface area contributed by atoms with Crippen molar-refractivity contribution in [2.75, 3.05) is 11.1 Å². The Labute approximate surface area is 218 Å². The Morgan fingerprint density at radius 2 is 1.06 bits per heavy atom. The van der Waals surface area contributed by atoms with E-state index in [4.69, 9.17) is 40.5 Å². The minimum Gasteiger partial charge on any atom is -0.399 e. The Balaban J connectivity index is 0. The summed E-state index contributed by atoms with van der Waals surface area (Å²) in [6, 6.07) is 15.9. The van der Waals surface area contributed by atoms with Crippen LogP contribution >= 0.6 is 34.8 Å². The molecule has 1 amide bonds. The van der Waals surface area contributed by atoms with Gasteiger partial charge in [-0.15, -0.1) is 0 Å². The van der Waals surface area contributed by atoms with Gasteiger partial charge >= 0.3 is 11.9 Å². The molecule has 0 radical (unpaired) electrons. The van der Waals surface area contributed by atoms with E-state index in [9.17, 15) is 14.4 Å². The number of hydrogen-bond acceptors (Lipinski definition) is 5. The zero-order valence-electron chi connectivity index (χ0n) is 20.7. The molecule has 2 rings (SSSR count). The maximum Gasteiger partial charge on any atom is 0.310 e. The molecule has 34 heavy (non-hydrogen) atoms. The molecular formula is C25H35Cl3N2O4. The van der Waals surface area contributed by atoms with Gasteiger partial charge in [-0.05, 0) is 47.2 Å². The van der Waals surface area contributed by atoms with Crippen molar-refractivity contribution in [3.8, 4) is 0 Å². The molecule has 190 valence electrons. The van der Waals surface area contributed by atoms with Crippen LogP contribution in [0.2, 0.25) is 0 Å². The Morgan fingerprint density at radius 1 is 0.735 bits per heavy atom. The molecule has 0 unspecified atom stereocenters. The summed E-state index contributed by atoms with van der Waals surface area (Å²) in [6.07, 6.45) is 0. The largest absolute Gasteiger partial charge is 0.399 e. The number of carbonyl (C=O) groups is 3. The number of nitrogens with two attached hydrogens (primary N) is 1. The van der Waals surface area contributed by atoms with Gasteiger partial charge in [-0.1, -0.05) is 86.8 Å². The van der Waals surface area contributed by atoms with Crippen LogP contribution in [0.3, 0.4) is 0 Å². The van der Waals surface area contributed by atoms with Crippen molar-refractivity contribution in [3.05, 3.63) is 59.7 Å². The molecule has 0 bridgehead atoms. The van der Waals surface area contributed by atoms with Crippen LogP contribution in [-0.2, 0) is 19.1 Å². The van der Waals surface area contributed by atoms with Gasteiger partial charge in [0, 0.05) is 32.1 Å². The normalized spacial score (nSPS) is 9.56. The molecule has 0 aliphatic carbocycles. The highest BCUT2D eigenvalue weighted by Gasteiger charge is 1.99. The first kappa shape index (κ1) is 33.9. The lowest BCUT2D eigenvalue weighted by molar-refractivity contribution is -0.156. The topological polar surface area (TPSA) is 98.5 Å². The average molecular weight is 534 g/mol. The fourth-order valence-corrected chi connectivity index (χ4v) is 2.24. The van der Waals surface area contributed by atoms with Gasteiger partial charge in [-0.25, -0.2) is 0 Å². The molecule has 0 aromatic heterocycles. The highest BCUT2D eigenvalue weighted by molar-refractivity contribution is 6.63.